The van der Waals surface area contributed by atoms with Gasteiger partial charge in [-0.25, -0.2) is 0 Å². The fraction of sp³-hybridized carbons (Fsp3) is 1.00. The first kappa shape index (κ1) is 27.9. The van der Waals surface area contributed by atoms with Gasteiger partial charge in [-0.3, -0.25) is 4.55 Å². The molecule has 0 unspecified atom stereocenters. The summed E-state index contributed by atoms with van der Waals surface area (Å²) in [7, 11) is 3.38. The summed E-state index contributed by atoms with van der Waals surface area (Å²) in [4.78, 5) is 0. The van der Waals surface area contributed by atoms with Gasteiger partial charge in [0.2, 0.25) is 0 Å². The van der Waals surface area contributed by atoms with E-state index in [0.717, 1.165) is 4.48 Å². The first-order chi connectivity index (χ1) is 11.4. The molecular weight excluding hydrogens is 441 g/mol. The summed E-state index contributed by atoms with van der Waals surface area (Å²) in [5, 5.41) is 0. The third kappa shape index (κ3) is 22.6. The van der Waals surface area contributed by atoms with Gasteiger partial charge in [0.05, 0.1) is 6.26 Å². The first-order valence-electron chi connectivity index (χ1n) is 10.1. The first-order valence-corrected chi connectivity index (χ1v) is 20.0. The molecule has 0 spiro atoms. The van der Waals surface area contributed by atoms with Crippen LogP contribution in [0.5, 0.6) is 0 Å². The standard InChI is InChI=1S/C6H15N.3C4H9.CH4O3S.Sn/c1-5-6-7(2,3)4;3*1-3-4-2;1-5(2,3)4;/h1,5-6H2,2-4H3;3*1,3-4H2,2H3;1H3,(H,2,3,4);/q+1;;;;;. The summed E-state index contributed by atoms with van der Waals surface area (Å²) >= 11 is -1.80. The van der Waals surface area contributed by atoms with Crippen LogP contribution in [0.15, 0.2) is 0 Å². The van der Waals surface area contributed by atoms with Crippen LogP contribution in [0.3, 0.4) is 0 Å². The Morgan fingerprint density at radius 3 is 1.28 bits per heavy atom. The Balaban J connectivity index is 0. The molecular formula is C19H46NO3SSn+. The second-order valence-electron chi connectivity index (χ2n) is 8.66. The summed E-state index contributed by atoms with van der Waals surface area (Å²) in [6, 6.07) is 0. The van der Waals surface area contributed by atoms with E-state index in [1.807, 2.05) is 0 Å². The van der Waals surface area contributed by atoms with Crippen LogP contribution in [-0.2, 0) is 10.1 Å². The van der Waals surface area contributed by atoms with E-state index in [9.17, 15) is 8.42 Å². The van der Waals surface area contributed by atoms with Crippen LogP contribution in [0.1, 0.15) is 65.7 Å². The summed E-state index contributed by atoms with van der Waals surface area (Å²) in [5.74, 6) is 0. The Morgan fingerprint density at radius 1 is 0.760 bits per heavy atom. The third-order valence-corrected chi connectivity index (χ3v) is 20.9. The van der Waals surface area contributed by atoms with Crippen LogP contribution >= 0.6 is 0 Å². The van der Waals surface area contributed by atoms with Gasteiger partial charge in [-0.05, 0) is 0 Å². The fourth-order valence-electron chi connectivity index (χ4n) is 3.33. The van der Waals surface area contributed by atoms with Crippen molar-refractivity contribution in [1.29, 1.82) is 0 Å². The van der Waals surface area contributed by atoms with Gasteiger partial charge in [0.25, 0.3) is 10.1 Å². The Kier molecular flexibility index (Phi) is 16.4. The molecule has 0 aromatic carbocycles. The zero-order valence-electron chi connectivity index (χ0n) is 18.1. The van der Waals surface area contributed by atoms with E-state index >= 15 is 0 Å². The van der Waals surface area contributed by atoms with Crippen LogP contribution < -0.4 is 0 Å². The largest absolute Gasteiger partial charge is 0.286 e. The predicted octanol–water partition coefficient (Wildman–Crippen LogP) is 5.44. The zero-order valence-corrected chi connectivity index (χ0v) is 21.8. The maximum Gasteiger partial charge on any atom is 0.261 e. The molecule has 154 valence electrons. The molecule has 0 saturated heterocycles. The van der Waals surface area contributed by atoms with Gasteiger partial charge >= 0.3 is 134 Å². The molecule has 1 N–H and O–H groups in total. The third-order valence-electron chi connectivity index (χ3n) is 4.72. The average Bonchev–Trinajstić information content (AvgIpc) is 2.45. The van der Waals surface area contributed by atoms with E-state index in [-0.39, 0.29) is 0 Å². The number of hydrogen-bond donors (Lipinski definition) is 1. The number of unbranched alkanes of at least 4 members (excludes halogenated alkanes) is 3. The molecule has 0 fully saturated rings. The summed E-state index contributed by atoms with van der Waals surface area (Å²) in [5.41, 5.74) is 0. The molecule has 0 amide bonds. The normalized spacial score (nSPS) is 12.6. The van der Waals surface area contributed by atoms with Crippen LogP contribution in [0.25, 0.3) is 0 Å². The minimum absolute atomic E-state index is 0.715. The SMILES string of the molecule is CCC[CH2][Sn]([CH2]CCC)([CH2]CCC)[CH2]CC[N+](C)(C)C.CS(=O)(=O)O. The molecule has 0 radical (unpaired) electrons. The van der Waals surface area contributed by atoms with E-state index in [0.29, 0.717) is 6.26 Å². The average molecular weight is 487 g/mol. The smallest absolute Gasteiger partial charge is 0.261 e. The van der Waals surface area contributed by atoms with Crippen molar-refractivity contribution in [2.45, 2.75) is 83.5 Å². The van der Waals surface area contributed by atoms with E-state index in [1.165, 1.54) is 51.5 Å². The van der Waals surface area contributed by atoms with Gasteiger partial charge < -0.3 is 0 Å². The van der Waals surface area contributed by atoms with Crippen LogP contribution in [-0.4, -0.2) is 69.8 Å². The molecule has 0 aromatic heterocycles. The van der Waals surface area contributed by atoms with E-state index in [2.05, 4.69) is 41.9 Å². The van der Waals surface area contributed by atoms with Crippen LogP contribution in [0.2, 0.25) is 17.7 Å². The van der Waals surface area contributed by atoms with Crippen molar-refractivity contribution in [3.63, 3.8) is 0 Å². The Labute approximate surface area is 163 Å². The van der Waals surface area contributed by atoms with Gasteiger partial charge in [0.15, 0.2) is 0 Å². The minimum atomic E-state index is -3.67. The summed E-state index contributed by atoms with van der Waals surface area (Å²) < 4.78 is 33.7. The molecule has 6 heteroatoms. The maximum absolute atomic E-state index is 9.19. The van der Waals surface area contributed by atoms with Crippen molar-refractivity contribution >= 4 is 28.5 Å². The predicted molar refractivity (Wildman–Crippen MR) is 115 cm³/mol. The fourth-order valence-corrected chi connectivity index (χ4v) is 19.7. The minimum Gasteiger partial charge on any atom is -0.286 e. The Hall–Kier alpha value is 0.669. The zero-order chi connectivity index (χ0) is 20.0. The van der Waals surface area contributed by atoms with Crippen molar-refractivity contribution in [1.82, 2.24) is 0 Å². The monoisotopic (exact) mass is 488 g/mol. The van der Waals surface area contributed by atoms with E-state index in [1.54, 1.807) is 17.7 Å². The molecule has 0 bridgehead atoms. The molecule has 0 rings (SSSR count). The number of nitrogens with zero attached hydrogens (tertiary/aromatic N) is 1. The molecule has 0 atom stereocenters. The van der Waals surface area contributed by atoms with Crippen LogP contribution in [0.4, 0.5) is 0 Å². The quantitative estimate of drug-likeness (QED) is 0.214. The molecule has 0 heterocycles. The van der Waals surface area contributed by atoms with Gasteiger partial charge in [0, 0.05) is 0 Å². The molecule has 0 aliphatic heterocycles. The topological polar surface area (TPSA) is 54.4 Å². The second kappa shape index (κ2) is 14.7. The Morgan fingerprint density at radius 2 is 1.04 bits per heavy atom. The maximum atomic E-state index is 9.19. The molecule has 25 heavy (non-hydrogen) atoms. The van der Waals surface area contributed by atoms with Crippen molar-refractivity contribution in [2.24, 2.45) is 0 Å². The Bertz CT molecular complexity index is 376. The van der Waals surface area contributed by atoms with Crippen LogP contribution in [0, 0.1) is 0 Å². The van der Waals surface area contributed by atoms with Gasteiger partial charge in [-0.1, -0.05) is 0 Å². The molecule has 0 aliphatic rings. The number of quaternary nitrogens is 1. The summed E-state index contributed by atoms with van der Waals surface area (Å²) in [6.07, 6.45) is 11.0. The van der Waals surface area contributed by atoms with Gasteiger partial charge in [-0.15, -0.1) is 0 Å². The molecule has 0 aromatic rings. The van der Waals surface area contributed by atoms with E-state index in [4.69, 9.17) is 4.55 Å². The van der Waals surface area contributed by atoms with Crippen molar-refractivity contribution in [3.05, 3.63) is 0 Å². The molecule has 4 nitrogen and oxygen atoms in total. The van der Waals surface area contributed by atoms with Crippen molar-refractivity contribution in [2.75, 3.05) is 33.9 Å². The molecule has 0 aliphatic carbocycles. The van der Waals surface area contributed by atoms with Gasteiger partial charge in [0.1, 0.15) is 0 Å². The van der Waals surface area contributed by atoms with Gasteiger partial charge in [-0.2, -0.15) is 8.42 Å². The second-order valence-corrected chi connectivity index (χ2v) is 24.4. The van der Waals surface area contributed by atoms with Crippen molar-refractivity contribution in [3.8, 4) is 0 Å². The number of rotatable bonds is 13. The molecule has 0 saturated carbocycles. The van der Waals surface area contributed by atoms with E-state index < -0.39 is 28.5 Å². The van der Waals surface area contributed by atoms with Crippen molar-refractivity contribution < 1.29 is 17.5 Å². The summed E-state index contributed by atoms with van der Waals surface area (Å²) in [6.45, 7) is 8.51. The number of hydrogen-bond acceptors (Lipinski definition) is 2.